The number of hydrogen-bond donors (Lipinski definition) is 2. The molecular formula is C19H12N6O2S. The number of hydrogen-bond acceptors (Lipinski definition) is 8. The molecule has 3 aromatic rings. The third kappa shape index (κ3) is 3.43. The lowest BCUT2D eigenvalue weighted by molar-refractivity contribution is -0.384. The molecule has 4 N–H and O–H groups in total. The predicted octanol–water partition coefficient (Wildman–Crippen LogP) is 3.72. The van der Waals surface area contributed by atoms with Gasteiger partial charge in [0.25, 0.3) is 5.69 Å². The van der Waals surface area contributed by atoms with Gasteiger partial charge in [-0.1, -0.05) is 23.9 Å². The van der Waals surface area contributed by atoms with Crippen LogP contribution < -0.4 is 11.5 Å². The molecule has 0 aliphatic rings. The number of nitro benzene ring substituents is 1. The lowest BCUT2D eigenvalue weighted by Gasteiger charge is -2.13. The number of nitro groups is 1. The molecule has 0 aliphatic carbocycles. The molecule has 0 atom stereocenters. The molecular weight excluding hydrogens is 376 g/mol. The van der Waals surface area contributed by atoms with Crippen LogP contribution in [0.15, 0.2) is 58.5 Å². The Morgan fingerprint density at radius 2 is 1.64 bits per heavy atom. The molecule has 0 unspecified atom stereocenters. The Morgan fingerprint density at radius 1 is 1.00 bits per heavy atom. The highest BCUT2D eigenvalue weighted by atomic mass is 32.2. The van der Waals surface area contributed by atoms with Gasteiger partial charge in [-0.2, -0.15) is 10.5 Å². The molecule has 2 aromatic carbocycles. The molecule has 0 radical (unpaired) electrons. The highest BCUT2D eigenvalue weighted by Crippen LogP contribution is 2.39. The molecule has 9 heteroatoms. The number of nitriles is 2. The zero-order chi connectivity index (χ0) is 20.3. The standard InChI is InChI=1S/C19H12N6O2S/c20-9-13-17(11-5-7-12(8-6-11)25(26)27)14(10-21)19(24-18(13)23)28-16-4-2-1-3-15(16)22/h1-8H,22H2,(H2,23,24). The van der Waals surface area contributed by atoms with E-state index in [4.69, 9.17) is 11.5 Å². The predicted molar refractivity (Wildman–Crippen MR) is 105 cm³/mol. The zero-order valence-electron chi connectivity index (χ0n) is 14.3. The van der Waals surface area contributed by atoms with Crippen molar-refractivity contribution in [1.29, 1.82) is 10.5 Å². The summed E-state index contributed by atoms with van der Waals surface area (Å²) in [5, 5.41) is 30.5. The van der Waals surface area contributed by atoms with Crippen LogP contribution in [0.25, 0.3) is 11.1 Å². The van der Waals surface area contributed by atoms with Crippen molar-refractivity contribution in [2.45, 2.75) is 9.92 Å². The first kappa shape index (κ1) is 18.7. The topological polar surface area (TPSA) is 156 Å². The Bertz CT molecular complexity index is 1160. The third-order valence-corrected chi connectivity index (χ3v) is 4.99. The molecule has 0 saturated carbocycles. The van der Waals surface area contributed by atoms with Gasteiger partial charge in [0.2, 0.25) is 0 Å². The summed E-state index contributed by atoms with van der Waals surface area (Å²) in [6, 6.07) is 16.7. The minimum Gasteiger partial charge on any atom is -0.398 e. The summed E-state index contributed by atoms with van der Waals surface area (Å²) in [5.74, 6) is -0.0353. The van der Waals surface area contributed by atoms with Crippen molar-refractivity contribution >= 4 is 29.0 Å². The van der Waals surface area contributed by atoms with Crippen LogP contribution in [-0.2, 0) is 0 Å². The number of rotatable bonds is 4. The van der Waals surface area contributed by atoms with E-state index in [2.05, 4.69) is 11.1 Å². The summed E-state index contributed by atoms with van der Waals surface area (Å²) in [7, 11) is 0. The van der Waals surface area contributed by atoms with E-state index in [9.17, 15) is 20.6 Å². The Balaban J connectivity index is 2.22. The second-order valence-corrected chi connectivity index (χ2v) is 6.63. The van der Waals surface area contributed by atoms with Crippen molar-refractivity contribution in [3.8, 4) is 23.3 Å². The van der Waals surface area contributed by atoms with Crippen LogP contribution >= 0.6 is 11.8 Å². The highest BCUT2D eigenvalue weighted by Gasteiger charge is 2.21. The van der Waals surface area contributed by atoms with Gasteiger partial charge in [0.05, 0.1) is 10.5 Å². The number of anilines is 2. The molecule has 0 aliphatic heterocycles. The van der Waals surface area contributed by atoms with Gasteiger partial charge in [0, 0.05) is 28.3 Å². The average molecular weight is 388 g/mol. The average Bonchev–Trinajstić information content (AvgIpc) is 2.69. The van der Waals surface area contributed by atoms with E-state index in [1.165, 1.54) is 24.3 Å². The molecule has 0 amide bonds. The highest BCUT2D eigenvalue weighted by molar-refractivity contribution is 7.99. The largest absolute Gasteiger partial charge is 0.398 e. The molecule has 1 heterocycles. The molecule has 136 valence electrons. The maximum absolute atomic E-state index is 10.9. The zero-order valence-corrected chi connectivity index (χ0v) is 15.1. The molecule has 0 fully saturated rings. The second-order valence-electron chi connectivity index (χ2n) is 5.59. The monoisotopic (exact) mass is 388 g/mol. The molecule has 0 saturated heterocycles. The summed E-state index contributed by atoms with van der Waals surface area (Å²) >= 11 is 1.16. The summed E-state index contributed by atoms with van der Waals surface area (Å²) in [6.45, 7) is 0. The van der Waals surface area contributed by atoms with Gasteiger partial charge in [-0.15, -0.1) is 0 Å². The minimum atomic E-state index is -0.527. The number of para-hydroxylation sites is 1. The maximum Gasteiger partial charge on any atom is 0.269 e. The molecule has 3 rings (SSSR count). The number of nitrogens with zero attached hydrogens (tertiary/aromatic N) is 4. The SMILES string of the molecule is N#Cc1c(N)nc(Sc2ccccc2N)c(C#N)c1-c1ccc([N+](=O)[O-])cc1. The molecule has 1 aromatic heterocycles. The van der Waals surface area contributed by atoms with Crippen LogP contribution in [0.5, 0.6) is 0 Å². The van der Waals surface area contributed by atoms with E-state index in [1.54, 1.807) is 24.3 Å². The maximum atomic E-state index is 10.9. The van der Waals surface area contributed by atoms with Gasteiger partial charge in [-0.25, -0.2) is 4.98 Å². The Hall–Kier alpha value is -4.08. The van der Waals surface area contributed by atoms with E-state index in [0.29, 0.717) is 21.2 Å². The normalized spacial score (nSPS) is 10.1. The smallest absolute Gasteiger partial charge is 0.269 e. The van der Waals surface area contributed by atoms with Crippen molar-refractivity contribution in [3.63, 3.8) is 0 Å². The van der Waals surface area contributed by atoms with Crippen molar-refractivity contribution in [3.05, 3.63) is 69.8 Å². The van der Waals surface area contributed by atoms with E-state index < -0.39 is 4.92 Å². The molecule has 0 spiro atoms. The van der Waals surface area contributed by atoms with Gasteiger partial charge in [-0.05, 0) is 29.8 Å². The Morgan fingerprint density at radius 3 is 2.21 bits per heavy atom. The van der Waals surface area contributed by atoms with Crippen molar-refractivity contribution < 1.29 is 4.92 Å². The van der Waals surface area contributed by atoms with Crippen LogP contribution in [-0.4, -0.2) is 9.91 Å². The van der Waals surface area contributed by atoms with E-state index >= 15 is 0 Å². The van der Waals surface area contributed by atoms with Gasteiger partial charge in [0.1, 0.15) is 28.5 Å². The summed E-state index contributed by atoms with van der Waals surface area (Å²) in [4.78, 5) is 15.3. The fourth-order valence-electron chi connectivity index (χ4n) is 2.59. The van der Waals surface area contributed by atoms with Crippen LogP contribution in [0, 0.1) is 32.8 Å². The van der Waals surface area contributed by atoms with Crippen molar-refractivity contribution in [2.24, 2.45) is 0 Å². The summed E-state index contributed by atoms with van der Waals surface area (Å²) in [5.41, 5.74) is 13.3. The number of benzene rings is 2. The number of nitrogens with two attached hydrogens (primary N) is 2. The van der Waals surface area contributed by atoms with Crippen LogP contribution in [0.1, 0.15) is 11.1 Å². The van der Waals surface area contributed by atoms with E-state index in [-0.39, 0.29) is 28.2 Å². The number of nitrogen functional groups attached to an aromatic ring is 2. The number of pyridine rings is 1. The lowest BCUT2D eigenvalue weighted by Crippen LogP contribution is -2.03. The van der Waals surface area contributed by atoms with Gasteiger partial charge in [-0.3, -0.25) is 10.1 Å². The third-order valence-electron chi connectivity index (χ3n) is 3.91. The first-order valence-corrected chi connectivity index (χ1v) is 8.68. The van der Waals surface area contributed by atoms with Crippen LogP contribution in [0.4, 0.5) is 17.2 Å². The summed E-state index contributed by atoms with van der Waals surface area (Å²) in [6.07, 6.45) is 0. The fourth-order valence-corrected chi connectivity index (χ4v) is 3.52. The number of aromatic nitrogens is 1. The minimum absolute atomic E-state index is 0.0353. The van der Waals surface area contributed by atoms with Crippen molar-refractivity contribution in [2.75, 3.05) is 11.5 Å². The van der Waals surface area contributed by atoms with E-state index in [0.717, 1.165) is 11.8 Å². The lowest BCUT2D eigenvalue weighted by atomic mass is 9.97. The Kier molecular flexibility index (Phi) is 5.12. The van der Waals surface area contributed by atoms with E-state index in [1.807, 2.05) is 6.07 Å². The molecule has 8 nitrogen and oxygen atoms in total. The van der Waals surface area contributed by atoms with Crippen LogP contribution in [0.2, 0.25) is 0 Å². The molecule has 28 heavy (non-hydrogen) atoms. The molecule has 0 bridgehead atoms. The quantitative estimate of drug-likeness (QED) is 0.389. The second kappa shape index (κ2) is 7.66. The first-order chi connectivity index (χ1) is 13.5. The fraction of sp³-hybridized carbons (Fsp3) is 0. The first-order valence-electron chi connectivity index (χ1n) is 7.87. The van der Waals surface area contributed by atoms with Gasteiger partial charge < -0.3 is 11.5 Å². The number of non-ortho nitro benzene ring substituents is 1. The van der Waals surface area contributed by atoms with Crippen LogP contribution in [0.3, 0.4) is 0 Å². The van der Waals surface area contributed by atoms with Crippen molar-refractivity contribution in [1.82, 2.24) is 4.98 Å². The summed E-state index contributed by atoms with van der Waals surface area (Å²) < 4.78 is 0. The van der Waals surface area contributed by atoms with Gasteiger partial charge >= 0.3 is 0 Å². The Labute approximate surface area is 164 Å². The van der Waals surface area contributed by atoms with Gasteiger partial charge in [0.15, 0.2) is 0 Å².